The Bertz CT molecular complexity index is 614. The molecule has 0 saturated heterocycles. The normalized spacial score (nSPS) is 11.3. The maximum absolute atomic E-state index is 13.7. The highest BCUT2D eigenvalue weighted by molar-refractivity contribution is 5.71. The van der Waals surface area contributed by atoms with Gasteiger partial charge in [-0.25, -0.2) is 9.37 Å². The highest BCUT2D eigenvalue weighted by atomic mass is 19.1. The van der Waals surface area contributed by atoms with Gasteiger partial charge in [-0.05, 0) is 25.0 Å². The van der Waals surface area contributed by atoms with Crippen LogP contribution in [-0.2, 0) is 6.54 Å². The predicted molar refractivity (Wildman–Crippen MR) is 81.2 cm³/mol. The van der Waals surface area contributed by atoms with Crippen LogP contribution in [0, 0.1) is 12.7 Å². The molecule has 2 aromatic rings. The summed E-state index contributed by atoms with van der Waals surface area (Å²) in [6.45, 7) is 8.87. The molecule has 0 radical (unpaired) electrons. The van der Waals surface area contributed by atoms with Crippen LogP contribution in [0.25, 0.3) is 11.3 Å². The van der Waals surface area contributed by atoms with Crippen molar-refractivity contribution in [3.05, 3.63) is 35.4 Å². The fraction of sp³-hybridized carbons (Fsp3) is 0.438. The summed E-state index contributed by atoms with van der Waals surface area (Å²) >= 11 is 0. The average molecular weight is 275 g/mol. The van der Waals surface area contributed by atoms with Crippen LogP contribution in [0.1, 0.15) is 44.5 Å². The summed E-state index contributed by atoms with van der Waals surface area (Å²) in [5.74, 6) is 1.64. The van der Waals surface area contributed by atoms with E-state index < -0.39 is 0 Å². The molecule has 0 amide bonds. The summed E-state index contributed by atoms with van der Waals surface area (Å²) < 4.78 is 15.8. The number of anilines is 1. The highest BCUT2D eigenvalue weighted by Crippen LogP contribution is 2.30. The van der Waals surface area contributed by atoms with Crippen LogP contribution < -0.4 is 5.73 Å². The molecule has 3 nitrogen and oxygen atoms in total. The molecule has 0 aliphatic rings. The predicted octanol–water partition coefficient (Wildman–Crippen LogP) is 4.11. The van der Waals surface area contributed by atoms with Crippen molar-refractivity contribution in [2.45, 2.75) is 46.6 Å². The number of hydrogen-bond acceptors (Lipinski definition) is 2. The lowest BCUT2D eigenvalue weighted by Gasteiger charge is -2.10. The molecule has 0 unspecified atom stereocenters. The molecule has 2 rings (SSSR count). The van der Waals surface area contributed by atoms with Crippen molar-refractivity contribution in [3.63, 3.8) is 0 Å². The molecule has 0 bridgehead atoms. The van der Waals surface area contributed by atoms with Gasteiger partial charge in [-0.15, -0.1) is 0 Å². The first-order chi connectivity index (χ1) is 9.45. The minimum atomic E-state index is -0.224. The van der Waals surface area contributed by atoms with Gasteiger partial charge in [-0.3, -0.25) is 0 Å². The molecule has 20 heavy (non-hydrogen) atoms. The van der Waals surface area contributed by atoms with Gasteiger partial charge in [0.2, 0.25) is 0 Å². The van der Waals surface area contributed by atoms with Crippen LogP contribution in [0.15, 0.2) is 18.2 Å². The van der Waals surface area contributed by atoms with Gasteiger partial charge in [0.1, 0.15) is 23.2 Å². The van der Waals surface area contributed by atoms with Gasteiger partial charge < -0.3 is 10.3 Å². The first-order valence-electron chi connectivity index (χ1n) is 7.08. The van der Waals surface area contributed by atoms with Gasteiger partial charge in [0.05, 0.1) is 0 Å². The maximum Gasteiger partial charge on any atom is 0.131 e. The third-order valence-electron chi connectivity index (χ3n) is 3.45. The Labute approximate surface area is 119 Å². The van der Waals surface area contributed by atoms with Gasteiger partial charge in [-0.1, -0.05) is 32.9 Å². The molecule has 0 saturated carbocycles. The maximum atomic E-state index is 13.7. The highest BCUT2D eigenvalue weighted by Gasteiger charge is 2.18. The van der Waals surface area contributed by atoms with Crippen LogP contribution in [0.5, 0.6) is 0 Å². The Morgan fingerprint density at radius 3 is 2.60 bits per heavy atom. The van der Waals surface area contributed by atoms with Gasteiger partial charge in [0, 0.05) is 18.0 Å². The standard InChI is InChI=1S/C16H22FN3/c1-5-8-20-15(18)14(19-16(20)10(2)3)12-7-6-11(4)13(17)9-12/h6-7,9-10H,5,8,18H2,1-4H3. The number of halogens is 1. The number of rotatable bonds is 4. The van der Waals surface area contributed by atoms with E-state index >= 15 is 0 Å². The number of nitrogen functional groups attached to an aromatic ring is 1. The average Bonchev–Trinajstić information content (AvgIpc) is 2.72. The topological polar surface area (TPSA) is 43.8 Å². The Morgan fingerprint density at radius 2 is 2.05 bits per heavy atom. The minimum Gasteiger partial charge on any atom is -0.383 e. The first kappa shape index (κ1) is 14.6. The molecule has 2 N–H and O–H groups in total. The number of aromatic nitrogens is 2. The number of hydrogen-bond donors (Lipinski definition) is 1. The number of imidazole rings is 1. The second kappa shape index (κ2) is 5.65. The van der Waals surface area contributed by atoms with Crippen LogP contribution >= 0.6 is 0 Å². The summed E-state index contributed by atoms with van der Waals surface area (Å²) in [4.78, 5) is 4.64. The molecular formula is C16H22FN3. The lowest BCUT2D eigenvalue weighted by Crippen LogP contribution is -2.08. The van der Waals surface area contributed by atoms with Crippen molar-refractivity contribution in [2.75, 3.05) is 5.73 Å². The minimum absolute atomic E-state index is 0.224. The Kier molecular flexibility index (Phi) is 4.12. The molecule has 108 valence electrons. The zero-order valence-electron chi connectivity index (χ0n) is 12.6. The van der Waals surface area contributed by atoms with Crippen LogP contribution in [0.4, 0.5) is 10.2 Å². The Morgan fingerprint density at radius 1 is 1.35 bits per heavy atom. The monoisotopic (exact) mass is 275 g/mol. The molecule has 0 fully saturated rings. The lowest BCUT2D eigenvalue weighted by atomic mass is 10.1. The van der Waals surface area contributed by atoms with E-state index in [-0.39, 0.29) is 11.7 Å². The molecule has 1 aromatic heterocycles. The summed E-state index contributed by atoms with van der Waals surface area (Å²) in [7, 11) is 0. The molecule has 0 aliphatic heterocycles. The zero-order valence-corrected chi connectivity index (χ0v) is 12.6. The van der Waals surface area contributed by atoms with E-state index in [2.05, 4.69) is 25.8 Å². The number of aryl methyl sites for hydroxylation is 1. The van der Waals surface area contributed by atoms with Gasteiger partial charge in [0.15, 0.2) is 0 Å². The van der Waals surface area contributed by atoms with Crippen LogP contribution in [-0.4, -0.2) is 9.55 Å². The van der Waals surface area contributed by atoms with E-state index in [0.717, 1.165) is 24.4 Å². The van der Waals surface area contributed by atoms with E-state index in [0.29, 0.717) is 17.1 Å². The fourth-order valence-electron chi connectivity index (χ4n) is 2.34. The lowest BCUT2D eigenvalue weighted by molar-refractivity contribution is 0.616. The second-order valence-corrected chi connectivity index (χ2v) is 5.47. The summed E-state index contributed by atoms with van der Waals surface area (Å²) in [6, 6.07) is 5.14. The Hall–Kier alpha value is -1.84. The number of nitrogens with zero attached hydrogens (tertiary/aromatic N) is 2. The van der Waals surface area contributed by atoms with Gasteiger partial charge in [0.25, 0.3) is 0 Å². The van der Waals surface area contributed by atoms with Crippen LogP contribution in [0.2, 0.25) is 0 Å². The van der Waals surface area contributed by atoms with E-state index in [4.69, 9.17) is 5.73 Å². The van der Waals surface area contributed by atoms with Crippen molar-refractivity contribution in [3.8, 4) is 11.3 Å². The number of nitrogens with two attached hydrogens (primary N) is 1. The largest absolute Gasteiger partial charge is 0.383 e. The molecular weight excluding hydrogens is 253 g/mol. The smallest absolute Gasteiger partial charge is 0.131 e. The third-order valence-corrected chi connectivity index (χ3v) is 3.45. The van der Waals surface area contributed by atoms with E-state index in [1.54, 1.807) is 13.0 Å². The van der Waals surface area contributed by atoms with Crippen molar-refractivity contribution in [1.29, 1.82) is 0 Å². The van der Waals surface area contributed by atoms with Crippen molar-refractivity contribution in [2.24, 2.45) is 0 Å². The summed E-state index contributed by atoms with van der Waals surface area (Å²) in [6.07, 6.45) is 0.988. The third kappa shape index (κ3) is 2.55. The van der Waals surface area contributed by atoms with E-state index in [9.17, 15) is 4.39 Å². The summed E-state index contributed by atoms with van der Waals surface area (Å²) in [5, 5.41) is 0. The fourth-order valence-corrected chi connectivity index (χ4v) is 2.34. The van der Waals surface area contributed by atoms with E-state index in [1.165, 1.54) is 6.07 Å². The molecule has 1 heterocycles. The van der Waals surface area contributed by atoms with Crippen molar-refractivity contribution < 1.29 is 4.39 Å². The Balaban J connectivity index is 2.56. The SMILES string of the molecule is CCCn1c(C(C)C)nc(-c2ccc(C)c(F)c2)c1N. The quantitative estimate of drug-likeness (QED) is 0.912. The zero-order chi connectivity index (χ0) is 14.9. The molecule has 4 heteroatoms. The molecule has 0 aliphatic carbocycles. The van der Waals surface area contributed by atoms with Gasteiger partial charge >= 0.3 is 0 Å². The summed E-state index contributed by atoms with van der Waals surface area (Å²) in [5.41, 5.74) is 8.28. The van der Waals surface area contributed by atoms with Crippen molar-refractivity contribution >= 4 is 5.82 Å². The molecule has 0 atom stereocenters. The van der Waals surface area contributed by atoms with Gasteiger partial charge in [-0.2, -0.15) is 0 Å². The number of benzene rings is 1. The van der Waals surface area contributed by atoms with E-state index in [1.807, 2.05) is 10.6 Å². The van der Waals surface area contributed by atoms with Crippen LogP contribution in [0.3, 0.4) is 0 Å². The first-order valence-corrected chi connectivity index (χ1v) is 7.08. The second-order valence-electron chi connectivity index (χ2n) is 5.47. The van der Waals surface area contributed by atoms with Crippen molar-refractivity contribution in [1.82, 2.24) is 9.55 Å². The molecule has 1 aromatic carbocycles. The molecule has 0 spiro atoms.